The highest BCUT2D eigenvalue weighted by molar-refractivity contribution is 6.07. The summed E-state index contributed by atoms with van der Waals surface area (Å²) in [5, 5.41) is 11.3. The third-order valence-electron chi connectivity index (χ3n) is 5.62. The summed E-state index contributed by atoms with van der Waals surface area (Å²) in [4.78, 5) is 24.7. The van der Waals surface area contributed by atoms with Gasteiger partial charge in [-0.1, -0.05) is 61.0 Å². The first kappa shape index (κ1) is 19.9. The summed E-state index contributed by atoms with van der Waals surface area (Å²) in [6.45, 7) is 4.03. The lowest BCUT2D eigenvalue weighted by atomic mass is 9.91. The van der Waals surface area contributed by atoms with Crippen LogP contribution in [0.4, 0.5) is 0 Å². The van der Waals surface area contributed by atoms with Crippen LogP contribution in [0, 0.1) is 12.8 Å². The van der Waals surface area contributed by atoms with Gasteiger partial charge in [0.15, 0.2) is 0 Å². The minimum absolute atomic E-state index is 0.220. The summed E-state index contributed by atoms with van der Waals surface area (Å²) in [5.41, 5.74) is 3.25. The Hall–Kier alpha value is -3.40. The number of aromatic carboxylic acids is 1. The topological polar surface area (TPSA) is 63.6 Å². The fourth-order valence-corrected chi connectivity index (χ4v) is 4.14. The molecule has 0 amide bonds. The highest BCUT2D eigenvalue weighted by Crippen LogP contribution is 2.38. The molecule has 0 radical (unpaired) electrons. The van der Waals surface area contributed by atoms with Crippen LogP contribution in [0.3, 0.4) is 0 Å². The van der Waals surface area contributed by atoms with Crippen LogP contribution in [0.5, 0.6) is 5.75 Å². The van der Waals surface area contributed by atoms with Crippen molar-refractivity contribution in [1.82, 2.24) is 0 Å². The number of ether oxygens (including phenoxy) is 1. The predicted molar refractivity (Wildman–Crippen MR) is 118 cm³/mol. The van der Waals surface area contributed by atoms with E-state index in [0.717, 1.165) is 41.2 Å². The molecule has 1 atom stereocenters. The first-order valence-electron chi connectivity index (χ1n) is 10.2. The number of carbonyl (C=O) groups excluding carboxylic acids is 1. The molecule has 0 spiro atoms. The fourth-order valence-electron chi connectivity index (χ4n) is 4.14. The van der Waals surface area contributed by atoms with Gasteiger partial charge in [0.05, 0.1) is 5.56 Å². The van der Waals surface area contributed by atoms with Crippen molar-refractivity contribution in [2.75, 3.05) is 0 Å². The minimum atomic E-state index is -0.988. The molecule has 0 bridgehead atoms. The quantitative estimate of drug-likeness (QED) is 0.420. The van der Waals surface area contributed by atoms with E-state index in [-0.39, 0.29) is 11.5 Å². The molecule has 30 heavy (non-hydrogen) atoms. The first-order chi connectivity index (χ1) is 14.4. The Morgan fingerprint density at radius 2 is 1.80 bits per heavy atom. The SMILES string of the molecule is Cc1ccc(C(=O)O)c(-c2cccc3cccc(OC(=O)C4=CC(C)CCC4)c23)c1. The monoisotopic (exact) mass is 400 g/mol. The number of allylic oxidation sites excluding steroid dienone is 1. The fraction of sp³-hybridized carbons (Fsp3) is 0.231. The Morgan fingerprint density at radius 3 is 2.53 bits per heavy atom. The van der Waals surface area contributed by atoms with Gasteiger partial charge in [-0.05, 0) is 60.7 Å². The van der Waals surface area contributed by atoms with Gasteiger partial charge in [0.1, 0.15) is 5.75 Å². The van der Waals surface area contributed by atoms with Gasteiger partial charge in [-0.25, -0.2) is 9.59 Å². The Kier molecular flexibility index (Phi) is 5.40. The van der Waals surface area contributed by atoms with Gasteiger partial charge in [0.2, 0.25) is 0 Å². The lowest BCUT2D eigenvalue weighted by molar-refractivity contribution is -0.130. The number of hydrogen-bond acceptors (Lipinski definition) is 3. The lowest BCUT2D eigenvalue weighted by Crippen LogP contribution is -2.15. The number of esters is 1. The summed E-state index contributed by atoms with van der Waals surface area (Å²) >= 11 is 0. The molecule has 0 heterocycles. The average Bonchev–Trinajstić information content (AvgIpc) is 2.73. The van der Waals surface area contributed by atoms with E-state index in [9.17, 15) is 14.7 Å². The third kappa shape index (κ3) is 3.86. The van der Waals surface area contributed by atoms with E-state index in [1.165, 1.54) is 0 Å². The summed E-state index contributed by atoms with van der Waals surface area (Å²) < 4.78 is 5.85. The molecule has 3 aromatic carbocycles. The number of aryl methyl sites for hydroxylation is 1. The average molecular weight is 400 g/mol. The molecular weight excluding hydrogens is 376 g/mol. The van der Waals surface area contributed by atoms with Gasteiger partial charge in [0, 0.05) is 11.0 Å². The maximum absolute atomic E-state index is 12.8. The number of fused-ring (bicyclic) bond motifs is 1. The Bertz CT molecular complexity index is 1170. The smallest absolute Gasteiger partial charge is 0.339 e. The molecule has 0 aliphatic heterocycles. The Morgan fingerprint density at radius 1 is 1.03 bits per heavy atom. The zero-order valence-corrected chi connectivity index (χ0v) is 17.1. The predicted octanol–water partition coefficient (Wildman–Crippen LogP) is 6.17. The molecule has 152 valence electrons. The largest absolute Gasteiger partial charge is 0.478 e. The number of rotatable bonds is 4. The molecule has 0 saturated carbocycles. The highest BCUT2D eigenvalue weighted by atomic mass is 16.5. The van der Waals surface area contributed by atoms with Crippen molar-refractivity contribution in [2.24, 2.45) is 5.92 Å². The number of hydrogen-bond donors (Lipinski definition) is 1. The van der Waals surface area contributed by atoms with Crippen LogP contribution in [-0.4, -0.2) is 17.0 Å². The molecule has 4 heteroatoms. The van der Waals surface area contributed by atoms with Crippen molar-refractivity contribution in [1.29, 1.82) is 0 Å². The van der Waals surface area contributed by atoms with E-state index in [1.807, 2.05) is 49.4 Å². The van der Waals surface area contributed by atoms with E-state index in [4.69, 9.17) is 4.74 Å². The summed E-state index contributed by atoms with van der Waals surface area (Å²) in [7, 11) is 0. The molecule has 4 nitrogen and oxygen atoms in total. The van der Waals surface area contributed by atoms with E-state index < -0.39 is 5.97 Å². The molecular formula is C26H24O4. The second kappa shape index (κ2) is 8.15. The van der Waals surface area contributed by atoms with Crippen molar-refractivity contribution in [3.8, 4) is 16.9 Å². The van der Waals surface area contributed by atoms with E-state index >= 15 is 0 Å². The van der Waals surface area contributed by atoms with Crippen molar-refractivity contribution < 1.29 is 19.4 Å². The van der Waals surface area contributed by atoms with Crippen LogP contribution in [0.15, 0.2) is 66.2 Å². The van der Waals surface area contributed by atoms with Crippen LogP contribution in [0.25, 0.3) is 21.9 Å². The Balaban J connectivity index is 1.85. The van der Waals surface area contributed by atoms with Gasteiger partial charge < -0.3 is 9.84 Å². The zero-order valence-electron chi connectivity index (χ0n) is 17.1. The molecule has 1 aliphatic rings. The van der Waals surface area contributed by atoms with Crippen molar-refractivity contribution >= 4 is 22.7 Å². The van der Waals surface area contributed by atoms with Gasteiger partial charge in [-0.2, -0.15) is 0 Å². The maximum atomic E-state index is 12.8. The van der Waals surface area contributed by atoms with Gasteiger partial charge in [-0.3, -0.25) is 0 Å². The maximum Gasteiger partial charge on any atom is 0.339 e. The lowest BCUT2D eigenvalue weighted by Gasteiger charge is -2.18. The standard InChI is InChI=1S/C26H24O4/c1-16-6-3-9-19(14-16)26(29)30-23-11-5-8-18-7-4-10-20(24(18)23)22-15-17(2)12-13-21(22)25(27)28/h4-5,7-8,10-16H,3,6,9H2,1-2H3,(H,27,28). The summed E-state index contributed by atoms with van der Waals surface area (Å²) in [6, 6.07) is 16.5. The summed E-state index contributed by atoms with van der Waals surface area (Å²) in [5.74, 6) is -0.496. The molecule has 0 aromatic heterocycles. The van der Waals surface area contributed by atoms with E-state index in [0.29, 0.717) is 22.8 Å². The Labute approximate surface area is 175 Å². The molecule has 1 unspecified atom stereocenters. The molecule has 1 N–H and O–H groups in total. The van der Waals surface area contributed by atoms with Crippen LogP contribution >= 0.6 is 0 Å². The molecule has 0 saturated heterocycles. The second-order valence-corrected chi connectivity index (χ2v) is 7.96. The molecule has 1 aliphatic carbocycles. The third-order valence-corrected chi connectivity index (χ3v) is 5.62. The normalized spacial score (nSPS) is 16.2. The van der Waals surface area contributed by atoms with Crippen LogP contribution < -0.4 is 4.74 Å². The van der Waals surface area contributed by atoms with Crippen LogP contribution in [-0.2, 0) is 4.79 Å². The number of carbonyl (C=O) groups is 2. The zero-order chi connectivity index (χ0) is 21.3. The van der Waals surface area contributed by atoms with Gasteiger partial charge in [0.25, 0.3) is 0 Å². The molecule has 0 fully saturated rings. The van der Waals surface area contributed by atoms with E-state index in [1.54, 1.807) is 18.2 Å². The minimum Gasteiger partial charge on any atom is -0.478 e. The summed E-state index contributed by atoms with van der Waals surface area (Å²) in [6.07, 6.45) is 4.79. The van der Waals surface area contributed by atoms with Crippen LogP contribution in [0.2, 0.25) is 0 Å². The molecule has 4 rings (SSSR count). The first-order valence-corrected chi connectivity index (χ1v) is 10.2. The van der Waals surface area contributed by atoms with Gasteiger partial charge >= 0.3 is 11.9 Å². The van der Waals surface area contributed by atoms with E-state index in [2.05, 4.69) is 6.92 Å². The van der Waals surface area contributed by atoms with Gasteiger partial charge in [-0.15, -0.1) is 0 Å². The number of carboxylic acid groups (broad SMARTS) is 1. The van der Waals surface area contributed by atoms with Crippen LogP contribution in [0.1, 0.15) is 42.1 Å². The van der Waals surface area contributed by atoms with Crippen molar-refractivity contribution in [3.05, 3.63) is 77.4 Å². The molecule has 3 aromatic rings. The highest BCUT2D eigenvalue weighted by Gasteiger charge is 2.21. The second-order valence-electron chi connectivity index (χ2n) is 7.96. The number of carboxylic acids is 1. The number of benzene rings is 3. The van der Waals surface area contributed by atoms with Crippen molar-refractivity contribution in [3.63, 3.8) is 0 Å². The van der Waals surface area contributed by atoms with Crippen molar-refractivity contribution in [2.45, 2.75) is 33.1 Å².